The van der Waals surface area contributed by atoms with Crippen molar-refractivity contribution in [2.45, 2.75) is 30.2 Å². The fourth-order valence-corrected chi connectivity index (χ4v) is 5.07. The number of ether oxygens (including phenoxy) is 1. The van der Waals surface area contributed by atoms with Crippen LogP contribution in [0.25, 0.3) is 0 Å². The van der Waals surface area contributed by atoms with Gasteiger partial charge in [-0.05, 0) is 40.5 Å². The van der Waals surface area contributed by atoms with E-state index in [1.165, 1.54) is 12.1 Å². The zero-order chi connectivity index (χ0) is 21.3. The minimum atomic E-state index is -4.54. The van der Waals surface area contributed by atoms with Crippen molar-refractivity contribution < 1.29 is 17.9 Å². The van der Waals surface area contributed by atoms with Crippen molar-refractivity contribution in [1.29, 1.82) is 0 Å². The smallest absolute Gasteiger partial charge is 0.363 e. The van der Waals surface area contributed by atoms with Crippen LogP contribution in [0.15, 0.2) is 35.3 Å². The van der Waals surface area contributed by atoms with E-state index >= 15 is 0 Å². The Balaban J connectivity index is 0.00000231. The first-order chi connectivity index (χ1) is 14.2. The molecule has 1 spiro atoms. The largest absolute Gasteiger partial charge is 0.400 e. The molecule has 166 valence electrons. The van der Waals surface area contributed by atoms with Crippen LogP contribution in [0.3, 0.4) is 0 Å². The molecular weight excluding hydrogens is 495 g/mol. The number of alkyl halides is 3. The Morgan fingerprint density at radius 2 is 1.71 bits per heavy atom. The fraction of sp³-hybridized carbons (Fsp3) is 0.381. The highest BCUT2D eigenvalue weighted by Gasteiger charge is 2.58. The Morgan fingerprint density at radius 3 is 2.29 bits per heavy atom. The van der Waals surface area contributed by atoms with Gasteiger partial charge in [-0.25, -0.2) is 0 Å². The third kappa shape index (κ3) is 3.47. The maximum atomic E-state index is 14.3. The minimum Gasteiger partial charge on any atom is -0.363 e. The van der Waals surface area contributed by atoms with Crippen molar-refractivity contribution in [1.82, 2.24) is 5.32 Å². The van der Waals surface area contributed by atoms with E-state index in [-0.39, 0.29) is 45.1 Å². The number of nitrogens with zero attached hydrogens (tertiary/aromatic N) is 1. The molecule has 2 aromatic rings. The summed E-state index contributed by atoms with van der Waals surface area (Å²) in [5, 5.41) is 3.23. The maximum absolute atomic E-state index is 14.3. The third-order valence-corrected chi connectivity index (χ3v) is 7.54. The van der Waals surface area contributed by atoms with E-state index in [1.54, 1.807) is 0 Å². The van der Waals surface area contributed by atoms with Crippen molar-refractivity contribution in [3.05, 3.63) is 67.7 Å². The molecule has 1 N–H and O–H groups in total. The number of halogens is 7. The molecule has 3 heterocycles. The zero-order valence-electron chi connectivity index (χ0n) is 16.0. The summed E-state index contributed by atoms with van der Waals surface area (Å²) in [6, 6.07) is 8.16. The molecule has 3 nitrogen and oxygen atoms in total. The summed E-state index contributed by atoms with van der Waals surface area (Å²) in [6.45, 7) is 1.51. The lowest BCUT2D eigenvalue weighted by atomic mass is 9.76. The van der Waals surface area contributed by atoms with Gasteiger partial charge >= 0.3 is 6.18 Å². The second-order valence-electron chi connectivity index (χ2n) is 8.03. The fourth-order valence-electron chi connectivity index (χ4n) is 4.48. The van der Waals surface area contributed by atoms with Crippen LogP contribution in [0, 0.1) is 0 Å². The Bertz CT molecular complexity index is 1060. The van der Waals surface area contributed by atoms with Gasteiger partial charge in [0.1, 0.15) is 11.0 Å². The number of hydrogen-bond donors (Lipinski definition) is 1. The van der Waals surface area contributed by atoms with Gasteiger partial charge in [-0.3, -0.25) is 4.99 Å². The average molecular weight is 512 g/mol. The van der Waals surface area contributed by atoms with Crippen LogP contribution in [-0.2, 0) is 22.4 Å². The Labute approximate surface area is 198 Å². The lowest BCUT2D eigenvalue weighted by molar-refractivity contribution is -0.183. The van der Waals surface area contributed by atoms with Gasteiger partial charge in [-0.1, -0.05) is 46.9 Å². The molecule has 1 unspecified atom stereocenters. The molecule has 2 aromatic carbocycles. The predicted octanol–water partition coefficient (Wildman–Crippen LogP) is 6.09. The highest BCUT2D eigenvalue weighted by atomic mass is 35.5. The van der Waals surface area contributed by atoms with Crippen LogP contribution in [0.5, 0.6) is 0 Å². The van der Waals surface area contributed by atoms with Crippen molar-refractivity contribution in [3.8, 4) is 0 Å². The summed E-state index contributed by atoms with van der Waals surface area (Å²) in [7, 11) is 0. The van der Waals surface area contributed by atoms with Crippen LogP contribution in [0.2, 0.25) is 15.1 Å². The molecule has 0 bridgehead atoms. The van der Waals surface area contributed by atoms with Crippen LogP contribution >= 0.6 is 47.2 Å². The summed E-state index contributed by atoms with van der Waals surface area (Å²) in [5.74, 6) is 0. The molecule has 1 atom stereocenters. The maximum Gasteiger partial charge on any atom is 0.400 e. The van der Waals surface area contributed by atoms with E-state index in [4.69, 9.17) is 39.5 Å². The van der Waals surface area contributed by atoms with Gasteiger partial charge in [0.05, 0.1) is 28.2 Å². The van der Waals surface area contributed by atoms with Crippen molar-refractivity contribution in [2.75, 3.05) is 19.6 Å². The van der Waals surface area contributed by atoms with Gasteiger partial charge in [0.15, 0.2) is 0 Å². The number of rotatable bonds is 2. The van der Waals surface area contributed by atoms with Gasteiger partial charge in [-0.2, -0.15) is 13.2 Å². The average Bonchev–Trinajstić information content (AvgIpc) is 3.27. The first-order valence-electron chi connectivity index (χ1n) is 9.39. The van der Waals surface area contributed by atoms with Gasteiger partial charge in [0, 0.05) is 25.2 Å². The van der Waals surface area contributed by atoms with Crippen molar-refractivity contribution in [2.24, 2.45) is 4.99 Å². The molecule has 0 aliphatic carbocycles. The molecule has 0 aromatic heterocycles. The summed E-state index contributed by atoms with van der Waals surface area (Å²) >= 11 is 18.0. The second-order valence-corrected chi connectivity index (χ2v) is 9.22. The monoisotopic (exact) mass is 510 g/mol. The van der Waals surface area contributed by atoms with E-state index in [2.05, 4.69) is 10.3 Å². The highest BCUT2D eigenvalue weighted by molar-refractivity contribution is 6.48. The molecular formula is C21H17Cl4F3N2O. The normalized spacial score (nSPS) is 23.9. The topological polar surface area (TPSA) is 33.6 Å². The lowest BCUT2D eigenvalue weighted by Crippen LogP contribution is -2.56. The van der Waals surface area contributed by atoms with E-state index in [0.717, 1.165) is 24.2 Å². The van der Waals surface area contributed by atoms with Crippen molar-refractivity contribution >= 4 is 52.9 Å². The van der Waals surface area contributed by atoms with Crippen LogP contribution in [0.1, 0.15) is 28.7 Å². The summed E-state index contributed by atoms with van der Waals surface area (Å²) in [6.07, 6.45) is -4.84. The number of benzene rings is 2. The first kappa shape index (κ1) is 23.1. The molecule has 1 saturated heterocycles. The van der Waals surface area contributed by atoms with Crippen molar-refractivity contribution in [3.63, 3.8) is 0 Å². The van der Waals surface area contributed by atoms with Crippen LogP contribution in [0.4, 0.5) is 13.2 Å². The summed E-state index contributed by atoms with van der Waals surface area (Å²) in [5.41, 5.74) is 0.661. The molecule has 0 saturated carbocycles. The van der Waals surface area contributed by atoms with Crippen LogP contribution < -0.4 is 5.32 Å². The molecule has 1 fully saturated rings. The molecule has 3 aliphatic heterocycles. The molecule has 10 heteroatoms. The SMILES string of the molecule is Cl.FC(F)(F)C1(c2cc(Cl)c(Cl)c(Cl)c2)CN=C(c2ccc3c(c2)COC32CNC2)C1. The van der Waals surface area contributed by atoms with E-state index in [9.17, 15) is 13.2 Å². The molecule has 3 aliphatic rings. The Morgan fingerprint density at radius 1 is 1.03 bits per heavy atom. The van der Waals surface area contributed by atoms with Gasteiger partial charge < -0.3 is 10.1 Å². The van der Waals surface area contributed by atoms with Crippen LogP contribution in [-0.4, -0.2) is 31.5 Å². The standard InChI is InChI=1S/C21H16Cl3F3N2O.ClH/c22-15-4-13(5-16(23)18(15)24)19(21(25,26)27)6-17(29-8-19)11-1-2-14-12(3-11)7-30-20(14)9-28-10-20;/h1-5,28H,6-10H2;1H. The quantitative estimate of drug-likeness (QED) is 0.495. The molecule has 31 heavy (non-hydrogen) atoms. The first-order valence-corrected chi connectivity index (χ1v) is 10.5. The molecule has 0 radical (unpaired) electrons. The van der Waals surface area contributed by atoms with Gasteiger partial charge in [0.2, 0.25) is 0 Å². The summed E-state index contributed by atoms with van der Waals surface area (Å²) in [4.78, 5) is 4.30. The molecule has 0 amide bonds. The molecule has 5 rings (SSSR count). The van der Waals surface area contributed by atoms with Gasteiger partial charge in [0.25, 0.3) is 0 Å². The number of aliphatic imine (C=N–C) groups is 1. The third-order valence-electron chi connectivity index (χ3n) is 6.34. The van der Waals surface area contributed by atoms with Gasteiger partial charge in [-0.15, -0.1) is 12.4 Å². The number of nitrogens with one attached hydrogen (secondary N) is 1. The minimum absolute atomic E-state index is 0. The lowest BCUT2D eigenvalue weighted by Gasteiger charge is -2.39. The van der Waals surface area contributed by atoms with E-state index in [0.29, 0.717) is 17.9 Å². The Hall–Kier alpha value is -1.02. The highest BCUT2D eigenvalue weighted by Crippen LogP contribution is 2.50. The zero-order valence-corrected chi connectivity index (χ0v) is 19.0. The Kier molecular flexibility index (Phi) is 5.81. The number of hydrogen-bond acceptors (Lipinski definition) is 3. The van der Waals surface area contributed by atoms with E-state index < -0.39 is 18.1 Å². The van der Waals surface area contributed by atoms with E-state index in [1.807, 2.05) is 18.2 Å². The number of fused-ring (bicyclic) bond motifs is 2. The second kappa shape index (κ2) is 7.79. The summed E-state index contributed by atoms with van der Waals surface area (Å²) < 4.78 is 48.9. The predicted molar refractivity (Wildman–Crippen MR) is 118 cm³/mol.